The van der Waals surface area contributed by atoms with Gasteiger partial charge in [0.25, 0.3) is 0 Å². The summed E-state index contributed by atoms with van der Waals surface area (Å²) in [5, 5.41) is 19.2. The van der Waals surface area contributed by atoms with Gasteiger partial charge in [-0.25, -0.2) is 0 Å². The van der Waals surface area contributed by atoms with Crippen LogP contribution in [-0.4, -0.2) is 63.9 Å². The van der Waals surface area contributed by atoms with Gasteiger partial charge in [0, 0.05) is 50.4 Å². The molecule has 2 N–H and O–H groups in total. The Kier molecular flexibility index (Phi) is 6.94. The number of aliphatic hydroxyl groups is 2. The van der Waals surface area contributed by atoms with Crippen molar-refractivity contribution >= 4 is 0 Å². The summed E-state index contributed by atoms with van der Waals surface area (Å²) in [6.07, 6.45) is 6.25. The zero-order valence-electron chi connectivity index (χ0n) is 16.8. The molecule has 1 atom stereocenters. The number of hydrogen-bond donors (Lipinski definition) is 2. The minimum Gasteiger partial charge on any atom is -0.396 e. The van der Waals surface area contributed by atoms with Crippen LogP contribution in [0, 0.1) is 11.8 Å². The van der Waals surface area contributed by atoms with Crippen LogP contribution in [0.25, 0.3) is 0 Å². The summed E-state index contributed by atoms with van der Waals surface area (Å²) in [4.78, 5) is 5.19. The molecule has 1 aliphatic carbocycles. The van der Waals surface area contributed by atoms with E-state index in [0.717, 1.165) is 44.2 Å². The maximum absolute atomic E-state index is 9.72. The van der Waals surface area contributed by atoms with E-state index in [9.17, 15) is 10.2 Å². The highest BCUT2D eigenvalue weighted by molar-refractivity contribution is 5.37. The average molecular weight is 371 g/mol. The van der Waals surface area contributed by atoms with Crippen molar-refractivity contribution in [2.75, 3.05) is 26.2 Å². The highest BCUT2D eigenvalue weighted by Crippen LogP contribution is 2.28. The van der Waals surface area contributed by atoms with E-state index >= 15 is 0 Å². The van der Waals surface area contributed by atoms with Crippen LogP contribution in [-0.2, 0) is 6.54 Å². The van der Waals surface area contributed by atoms with Crippen molar-refractivity contribution in [3.63, 3.8) is 0 Å². The standard InChI is InChI=1S/C23H34N2O2/c1-23(2,27)13-11-19-7-9-20(10-8-19)17-24-14-15-25(21-5-3-4-6-21)22(18-24)12-16-26/h7-10,21-22,26-27H,3-6,12,14-18H2,1-2H3/t22-/m0/s1. The minimum absolute atomic E-state index is 0.274. The average Bonchev–Trinajstić information content (AvgIpc) is 3.15. The lowest BCUT2D eigenvalue weighted by molar-refractivity contribution is 0.0267. The second kappa shape index (κ2) is 9.21. The van der Waals surface area contributed by atoms with Crippen molar-refractivity contribution in [1.29, 1.82) is 0 Å². The molecule has 1 saturated carbocycles. The van der Waals surface area contributed by atoms with E-state index in [1.807, 2.05) is 12.1 Å². The van der Waals surface area contributed by atoms with Gasteiger partial charge in [0.15, 0.2) is 0 Å². The van der Waals surface area contributed by atoms with Crippen LogP contribution in [0.3, 0.4) is 0 Å². The molecule has 0 amide bonds. The quantitative estimate of drug-likeness (QED) is 0.782. The predicted molar refractivity (Wildman–Crippen MR) is 109 cm³/mol. The fourth-order valence-corrected chi connectivity index (χ4v) is 4.38. The smallest absolute Gasteiger partial charge is 0.120 e. The van der Waals surface area contributed by atoms with Crippen LogP contribution in [0.5, 0.6) is 0 Å². The molecule has 1 aromatic rings. The van der Waals surface area contributed by atoms with Crippen LogP contribution in [0.15, 0.2) is 24.3 Å². The first kappa shape index (κ1) is 20.4. The Morgan fingerprint density at radius 3 is 2.44 bits per heavy atom. The molecule has 4 nitrogen and oxygen atoms in total. The predicted octanol–water partition coefficient (Wildman–Crippen LogP) is 2.62. The molecule has 0 spiro atoms. The molecule has 2 fully saturated rings. The number of aliphatic hydroxyl groups excluding tert-OH is 1. The zero-order valence-corrected chi connectivity index (χ0v) is 16.8. The summed E-state index contributed by atoms with van der Waals surface area (Å²) < 4.78 is 0. The largest absolute Gasteiger partial charge is 0.396 e. The second-order valence-electron chi connectivity index (χ2n) is 8.58. The molecular formula is C23H34N2O2. The minimum atomic E-state index is -0.959. The Bertz CT molecular complexity index is 648. The van der Waals surface area contributed by atoms with Crippen molar-refractivity contribution in [2.24, 2.45) is 0 Å². The van der Waals surface area contributed by atoms with Gasteiger partial charge in [-0.05, 0) is 50.8 Å². The molecule has 0 radical (unpaired) electrons. The number of rotatable bonds is 5. The third kappa shape index (κ3) is 6.05. The summed E-state index contributed by atoms with van der Waals surface area (Å²) in [6.45, 7) is 7.86. The SMILES string of the molecule is CC(C)(O)C#Cc1ccc(CN2CCN(C3CCCC3)[C@@H](CCO)C2)cc1. The summed E-state index contributed by atoms with van der Waals surface area (Å²) in [6, 6.07) is 9.56. The highest BCUT2D eigenvalue weighted by atomic mass is 16.3. The number of piperazine rings is 1. The van der Waals surface area contributed by atoms with Crippen molar-refractivity contribution in [3.8, 4) is 11.8 Å². The molecule has 148 valence electrons. The van der Waals surface area contributed by atoms with Crippen molar-refractivity contribution in [2.45, 2.75) is 70.2 Å². The first-order valence-corrected chi connectivity index (χ1v) is 10.4. The third-order valence-electron chi connectivity index (χ3n) is 5.74. The van der Waals surface area contributed by atoms with Crippen molar-refractivity contribution in [1.82, 2.24) is 9.80 Å². The molecule has 1 heterocycles. The van der Waals surface area contributed by atoms with Gasteiger partial charge in [-0.15, -0.1) is 0 Å². The van der Waals surface area contributed by atoms with Gasteiger partial charge < -0.3 is 10.2 Å². The Hall–Kier alpha value is -1.38. The van der Waals surface area contributed by atoms with E-state index in [-0.39, 0.29) is 6.61 Å². The summed E-state index contributed by atoms with van der Waals surface area (Å²) in [7, 11) is 0. The molecule has 1 aliphatic heterocycles. The van der Waals surface area contributed by atoms with E-state index in [4.69, 9.17) is 0 Å². The van der Waals surface area contributed by atoms with E-state index in [0.29, 0.717) is 6.04 Å². The van der Waals surface area contributed by atoms with Gasteiger partial charge in [0.1, 0.15) is 5.60 Å². The van der Waals surface area contributed by atoms with Gasteiger partial charge in [-0.3, -0.25) is 9.80 Å². The summed E-state index contributed by atoms with van der Waals surface area (Å²) in [5.74, 6) is 5.88. The normalized spacial score (nSPS) is 22.6. The summed E-state index contributed by atoms with van der Waals surface area (Å²) >= 11 is 0. The molecular weight excluding hydrogens is 336 g/mol. The van der Waals surface area contributed by atoms with E-state index in [1.54, 1.807) is 13.8 Å². The Morgan fingerprint density at radius 1 is 1.11 bits per heavy atom. The highest BCUT2D eigenvalue weighted by Gasteiger charge is 2.32. The molecule has 27 heavy (non-hydrogen) atoms. The lowest BCUT2D eigenvalue weighted by Crippen LogP contribution is -2.55. The van der Waals surface area contributed by atoms with Gasteiger partial charge in [-0.1, -0.05) is 36.8 Å². The maximum Gasteiger partial charge on any atom is 0.120 e. The van der Waals surface area contributed by atoms with E-state index < -0.39 is 5.60 Å². The van der Waals surface area contributed by atoms with E-state index in [1.165, 1.54) is 31.2 Å². The first-order chi connectivity index (χ1) is 12.9. The van der Waals surface area contributed by atoms with Crippen LogP contribution >= 0.6 is 0 Å². The Balaban J connectivity index is 1.58. The van der Waals surface area contributed by atoms with Gasteiger partial charge in [0.2, 0.25) is 0 Å². The monoisotopic (exact) mass is 370 g/mol. The fraction of sp³-hybridized carbons (Fsp3) is 0.652. The number of nitrogens with zero attached hydrogens (tertiary/aromatic N) is 2. The molecule has 0 unspecified atom stereocenters. The lowest BCUT2D eigenvalue weighted by Gasteiger charge is -2.44. The lowest BCUT2D eigenvalue weighted by atomic mass is 10.0. The first-order valence-electron chi connectivity index (χ1n) is 10.4. The van der Waals surface area contributed by atoms with Gasteiger partial charge in [0.05, 0.1) is 0 Å². The van der Waals surface area contributed by atoms with Gasteiger partial charge >= 0.3 is 0 Å². The van der Waals surface area contributed by atoms with Crippen LogP contribution < -0.4 is 0 Å². The molecule has 0 bridgehead atoms. The fourth-order valence-electron chi connectivity index (χ4n) is 4.38. The Morgan fingerprint density at radius 2 is 1.81 bits per heavy atom. The topological polar surface area (TPSA) is 46.9 Å². The molecule has 2 aliphatic rings. The molecule has 3 rings (SSSR count). The molecule has 0 aromatic heterocycles. The molecule has 4 heteroatoms. The van der Waals surface area contributed by atoms with E-state index in [2.05, 4.69) is 33.8 Å². The number of benzene rings is 1. The number of hydrogen-bond acceptors (Lipinski definition) is 4. The van der Waals surface area contributed by atoms with Crippen LogP contribution in [0.1, 0.15) is 57.1 Å². The van der Waals surface area contributed by atoms with Crippen molar-refractivity contribution < 1.29 is 10.2 Å². The Labute approximate surface area is 164 Å². The maximum atomic E-state index is 9.72. The van der Waals surface area contributed by atoms with Crippen LogP contribution in [0.2, 0.25) is 0 Å². The third-order valence-corrected chi connectivity index (χ3v) is 5.74. The zero-order chi connectivity index (χ0) is 19.3. The summed E-state index contributed by atoms with van der Waals surface area (Å²) in [5.41, 5.74) is 1.27. The van der Waals surface area contributed by atoms with Gasteiger partial charge in [-0.2, -0.15) is 0 Å². The van der Waals surface area contributed by atoms with Crippen LogP contribution in [0.4, 0.5) is 0 Å². The molecule has 1 aromatic carbocycles. The second-order valence-corrected chi connectivity index (χ2v) is 8.58. The van der Waals surface area contributed by atoms with Crippen molar-refractivity contribution in [3.05, 3.63) is 35.4 Å². The molecule has 1 saturated heterocycles.